The van der Waals surface area contributed by atoms with E-state index in [1.54, 1.807) is 50.2 Å². The van der Waals surface area contributed by atoms with Gasteiger partial charge in [0, 0.05) is 47.9 Å². The van der Waals surface area contributed by atoms with Gasteiger partial charge < -0.3 is 61.5 Å². The molecule has 0 bridgehead atoms. The molecule has 3 aliphatic heterocycles. The van der Waals surface area contributed by atoms with Gasteiger partial charge in [0.15, 0.2) is 5.60 Å². The second kappa shape index (κ2) is 23.6. The maximum absolute atomic E-state index is 15.4. The fourth-order valence-corrected chi connectivity index (χ4v) is 10.2. The summed E-state index contributed by atoms with van der Waals surface area (Å²) in [6.45, 7) is 2.52. The summed E-state index contributed by atoms with van der Waals surface area (Å²) < 4.78 is 27.8. The minimum atomic E-state index is -2.07. The number of rotatable bonds is 22. The minimum absolute atomic E-state index is 0.0294. The van der Waals surface area contributed by atoms with Crippen molar-refractivity contribution in [2.75, 3.05) is 39.5 Å². The number of carboxylic acids is 1. The fourth-order valence-electron chi connectivity index (χ4n) is 10.2. The Balaban J connectivity index is 0.848. The Kier molecular flexibility index (Phi) is 17.0. The van der Waals surface area contributed by atoms with Crippen LogP contribution in [-0.2, 0) is 89.0 Å². The zero-order valence-corrected chi connectivity index (χ0v) is 43.5. The quantitative estimate of drug-likeness (QED) is 0.0219. The van der Waals surface area contributed by atoms with E-state index in [0.29, 0.717) is 57.4 Å². The Morgan fingerprint density at radius 2 is 1.59 bits per heavy atom. The summed E-state index contributed by atoms with van der Waals surface area (Å²) in [5.74, 6) is -9.28. The molecule has 1 saturated heterocycles. The Labute approximate surface area is 449 Å². The fraction of sp³-hybridized carbons (Fsp3) is 0.434. The number of hydrogen-bond donors (Lipinski definition) is 9. The number of carboxylic acid groups (broad SMARTS) is 1. The van der Waals surface area contributed by atoms with Crippen molar-refractivity contribution >= 4 is 70.1 Å². The number of esters is 1. The topological polar surface area (TPSA) is 352 Å². The van der Waals surface area contributed by atoms with Crippen molar-refractivity contribution in [3.05, 3.63) is 97.6 Å². The van der Waals surface area contributed by atoms with E-state index < -0.39 is 146 Å². The Morgan fingerprint density at radius 3 is 2.28 bits per heavy atom. The number of aliphatic carboxylic acids is 1. The van der Waals surface area contributed by atoms with Gasteiger partial charge in [0.05, 0.1) is 61.2 Å². The lowest BCUT2D eigenvalue weighted by Gasteiger charge is -2.31. The van der Waals surface area contributed by atoms with Gasteiger partial charge in [0.1, 0.15) is 37.3 Å². The molecular weight excluding hydrogens is 1040 g/mol. The number of aromatic nitrogens is 2. The highest BCUT2D eigenvalue weighted by molar-refractivity contribution is 6.07. The van der Waals surface area contributed by atoms with Gasteiger partial charge in [-0.2, -0.15) is 0 Å². The van der Waals surface area contributed by atoms with E-state index in [-0.39, 0.29) is 49.1 Å². The van der Waals surface area contributed by atoms with Crippen molar-refractivity contribution < 1.29 is 72.0 Å². The summed E-state index contributed by atoms with van der Waals surface area (Å²) in [7, 11) is 0. The zero-order chi connectivity index (χ0) is 57.0. The molecule has 418 valence electrons. The van der Waals surface area contributed by atoms with Gasteiger partial charge in [-0.05, 0) is 61.4 Å². The average molecular weight is 1100 g/mol. The number of imide groups is 1. The number of halogens is 1. The van der Waals surface area contributed by atoms with E-state index in [4.69, 9.17) is 19.6 Å². The van der Waals surface area contributed by atoms with Crippen LogP contribution in [0.3, 0.4) is 0 Å². The maximum atomic E-state index is 15.4. The van der Waals surface area contributed by atoms with Crippen LogP contribution in [0.4, 0.5) is 4.39 Å². The average Bonchev–Trinajstić information content (AvgIpc) is 4.19. The number of amides is 8. The third-order valence-corrected chi connectivity index (χ3v) is 14.5. The SMILES string of the molecule is CC[C@@]1(O)C(=O)OCc2c1cc1n(c2=O)Cc2c-1nc1cc(F)c(C)c3c1c2[C@H](NC(=O)C(C)OCNC(=O)CNC(=O)[C@H](Cc1ccccc1)NC(=O)CNC(=O)CNC(=O)C(CNCC(=O)O)N1C(=O)CC(C)C1=O)CC3. The summed E-state index contributed by atoms with van der Waals surface area (Å²) in [6, 6.07) is 8.04. The molecule has 2 aromatic carbocycles. The van der Waals surface area contributed by atoms with Gasteiger partial charge in [-0.3, -0.25) is 52.8 Å². The monoisotopic (exact) mass is 1090 g/mol. The van der Waals surface area contributed by atoms with E-state index in [1.807, 2.05) is 0 Å². The van der Waals surface area contributed by atoms with Crippen LogP contribution in [-0.4, -0.2) is 142 Å². The maximum Gasteiger partial charge on any atom is 0.343 e. The van der Waals surface area contributed by atoms with Crippen LogP contribution in [0.1, 0.15) is 85.0 Å². The first-order chi connectivity index (χ1) is 37.6. The molecule has 8 rings (SSSR count). The molecule has 4 aromatic rings. The predicted octanol–water partition coefficient (Wildman–Crippen LogP) is -1.38. The van der Waals surface area contributed by atoms with E-state index >= 15 is 4.39 Å². The van der Waals surface area contributed by atoms with Gasteiger partial charge >= 0.3 is 11.9 Å². The molecular formula is C53H59FN10O15. The van der Waals surface area contributed by atoms with Crippen molar-refractivity contribution in [2.45, 2.75) is 103 Å². The predicted molar refractivity (Wildman–Crippen MR) is 273 cm³/mol. The molecule has 0 radical (unpaired) electrons. The molecule has 0 spiro atoms. The second-order valence-electron chi connectivity index (χ2n) is 19.7. The molecule has 26 heteroatoms. The number of pyridine rings is 2. The number of ether oxygens (including phenoxy) is 2. The molecule has 25 nitrogen and oxygen atoms in total. The molecule has 6 atom stereocenters. The zero-order valence-electron chi connectivity index (χ0n) is 43.5. The summed E-state index contributed by atoms with van der Waals surface area (Å²) in [4.78, 5) is 148. The normalized spacial score (nSPS) is 19.0. The molecule has 2 aromatic heterocycles. The van der Waals surface area contributed by atoms with Crippen molar-refractivity contribution in [3.8, 4) is 11.4 Å². The van der Waals surface area contributed by atoms with Gasteiger partial charge in [0.2, 0.25) is 47.3 Å². The largest absolute Gasteiger partial charge is 0.480 e. The van der Waals surface area contributed by atoms with Crippen LogP contribution < -0.4 is 42.8 Å². The van der Waals surface area contributed by atoms with E-state index in [1.165, 1.54) is 24.5 Å². The van der Waals surface area contributed by atoms with Gasteiger partial charge in [-0.15, -0.1) is 0 Å². The van der Waals surface area contributed by atoms with E-state index in [0.717, 1.165) is 4.90 Å². The van der Waals surface area contributed by atoms with Crippen LogP contribution in [0, 0.1) is 18.7 Å². The first kappa shape index (κ1) is 56.7. The number of likely N-dealkylation sites (tertiary alicyclic amines) is 1. The first-order valence-electron chi connectivity index (χ1n) is 25.6. The van der Waals surface area contributed by atoms with Gasteiger partial charge in [0.25, 0.3) is 5.56 Å². The number of aryl methyl sites for hydroxylation is 1. The van der Waals surface area contributed by atoms with Crippen LogP contribution in [0.25, 0.3) is 22.3 Å². The number of aliphatic hydroxyl groups is 1. The number of carbonyl (C=O) groups is 10. The third kappa shape index (κ3) is 11.8. The summed E-state index contributed by atoms with van der Waals surface area (Å²) in [6.07, 6.45) is -0.680. The highest BCUT2D eigenvalue weighted by atomic mass is 19.1. The Hall–Kier alpha value is -8.49. The van der Waals surface area contributed by atoms with Crippen molar-refractivity contribution in [2.24, 2.45) is 5.92 Å². The van der Waals surface area contributed by atoms with Crippen molar-refractivity contribution in [1.29, 1.82) is 0 Å². The number of hydrogen-bond acceptors (Lipinski definition) is 16. The van der Waals surface area contributed by atoms with E-state index in [9.17, 15) is 57.8 Å². The summed E-state index contributed by atoms with van der Waals surface area (Å²) >= 11 is 0. The molecule has 4 aliphatic rings. The van der Waals surface area contributed by atoms with Gasteiger partial charge in [-0.25, -0.2) is 14.2 Å². The van der Waals surface area contributed by atoms with E-state index in [2.05, 4.69) is 37.2 Å². The number of carbonyl (C=O) groups excluding carboxylic acids is 9. The lowest BCUT2D eigenvalue weighted by molar-refractivity contribution is -0.172. The highest BCUT2D eigenvalue weighted by Gasteiger charge is 2.47. The standard InChI is InChI=1S/C53H59FN10O15/c1-5-53(77)32-15-37-46-30(22-63(37)51(75)31(32)23-78-52(53)76)45-34(12-11-29-26(3)33(54)16-35(61-46)44(29)45)62-47(71)27(4)79-24-59-40(66)19-57-48(72)36(14-28-9-7-6-8-10-28)60-41(67)20-56-39(65)18-58-49(73)38(17-55-21-43(69)70)64-42(68)13-25(2)50(64)74/h6-10,15-16,25,27,34,36,38,55,77H,5,11-14,17-24H2,1-4H3,(H,56,65)(H,57,72)(H,58,73)(H,59,66)(H,60,67)(H,62,71)(H,69,70)/t25?,27?,34-,36+,38?,53+/m1/s1. The smallest absolute Gasteiger partial charge is 0.343 e. The third-order valence-electron chi connectivity index (χ3n) is 14.5. The Morgan fingerprint density at radius 1 is 0.899 bits per heavy atom. The number of nitrogens with one attached hydrogen (secondary N) is 7. The van der Waals surface area contributed by atoms with Crippen LogP contribution in [0.2, 0.25) is 0 Å². The summed E-state index contributed by atoms with van der Waals surface area (Å²) in [5, 5.41) is 38.5. The molecule has 1 aliphatic carbocycles. The molecule has 79 heavy (non-hydrogen) atoms. The van der Waals surface area contributed by atoms with Crippen LogP contribution in [0.5, 0.6) is 0 Å². The van der Waals surface area contributed by atoms with Crippen molar-refractivity contribution in [1.82, 2.24) is 51.7 Å². The number of cyclic esters (lactones) is 1. The second-order valence-corrected chi connectivity index (χ2v) is 19.7. The number of fused-ring (bicyclic) bond motifs is 5. The lowest BCUT2D eigenvalue weighted by atomic mass is 9.81. The van der Waals surface area contributed by atoms with Gasteiger partial charge in [-0.1, -0.05) is 44.2 Å². The number of benzene rings is 2. The molecule has 8 amide bonds. The van der Waals surface area contributed by atoms with Crippen LogP contribution >= 0.6 is 0 Å². The number of nitrogens with zero attached hydrogens (tertiary/aromatic N) is 3. The highest BCUT2D eigenvalue weighted by Crippen LogP contribution is 2.46. The lowest BCUT2D eigenvalue weighted by Crippen LogP contribution is -2.56. The molecule has 5 heterocycles. The minimum Gasteiger partial charge on any atom is -0.480 e. The molecule has 0 saturated carbocycles. The molecule has 9 N–H and O–H groups in total. The Bertz CT molecular complexity index is 3260. The van der Waals surface area contributed by atoms with Crippen molar-refractivity contribution in [3.63, 3.8) is 0 Å². The molecule has 3 unspecified atom stereocenters. The molecule has 1 fully saturated rings. The summed E-state index contributed by atoms with van der Waals surface area (Å²) in [5.41, 5.74) is 1.60. The van der Waals surface area contributed by atoms with Crippen LogP contribution in [0.15, 0.2) is 47.3 Å². The first-order valence-corrected chi connectivity index (χ1v) is 25.6.